The number of carbonyl (C=O) groups is 1. The van der Waals surface area contributed by atoms with Crippen LogP contribution in [-0.4, -0.2) is 63.2 Å². The van der Waals surface area contributed by atoms with E-state index in [0.29, 0.717) is 6.54 Å². The van der Waals surface area contributed by atoms with Crippen LogP contribution in [0.25, 0.3) is 0 Å². The van der Waals surface area contributed by atoms with E-state index in [1.165, 1.54) is 6.42 Å². The fraction of sp³-hybridized carbons (Fsp3) is 0.727. The third-order valence-electron chi connectivity index (χ3n) is 5.98. The Morgan fingerprint density at radius 1 is 1.24 bits per heavy atom. The minimum absolute atomic E-state index is 0.198. The van der Waals surface area contributed by atoms with E-state index < -0.39 is 0 Å². The van der Waals surface area contributed by atoms with Crippen LogP contribution in [0.15, 0.2) is 27.8 Å². The van der Waals surface area contributed by atoms with Gasteiger partial charge in [0.05, 0.1) is 24.3 Å². The highest BCUT2D eigenvalue weighted by Crippen LogP contribution is 2.39. The van der Waals surface area contributed by atoms with Gasteiger partial charge in [-0.05, 0) is 44.2 Å². The summed E-state index contributed by atoms with van der Waals surface area (Å²) in [4.78, 5) is 19.4. The van der Waals surface area contributed by atoms with Gasteiger partial charge in [0.25, 0.3) is 0 Å². The Hall–Kier alpha value is -2.02. The number of hydrogen-bond acceptors (Lipinski definition) is 4. The molecule has 2 aliphatic rings. The fourth-order valence-corrected chi connectivity index (χ4v) is 4.31. The largest absolute Gasteiger partial charge is 0.469 e. The number of hydrogen-bond donors (Lipinski definition) is 2. The molecule has 1 saturated heterocycles. The van der Waals surface area contributed by atoms with Crippen LogP contribution in [0.1, 0.15) is 50.7 Å². The van der Waals surface area contributed by atoms with Crippen molar-refractivity contribution in [2.75, 3.05) is 40.3 Å². The first-order valence-electron chi connectivity index (χ1n) is 11.0. The SMILES string of the molecule is CN(C)C(=O)C1(CN=C(NCCc2ccco2)NCC2CCCCO2)CCCC1. The van der Waals surface area contributed by atoms with Crippen molar-refractivity contribution in [2.24, 2.45) is 10.4 Å². The molecule has 2 heterocycles. The minimum Gasteiger partial charge on any atom is -0.469 e. The van der Waals surface area contributed by atoms with Gasteiger partial charge in [-0.15, -0.1) is 0 Å². The van der Waals surface area contributed by atoms with Crippen molar-refractivity contribution in [3.8, 4) is 0 Å². The maximum Gasteiger partial charge on any atom is 0.230 e. The Balaban J connectivity index is 1.61. The highest BCUT2D eigenvalue weighted by molar-refractivity contribution is 5.84. The third-order valence-corrected chi connectivity index (χ3v) is 5.98. The molecule has 1 aromatic rings. The Morgan fingerprint density at radius 3 is 2.72 bits per heavy atom. The maximum atomic E-state index is 12.8. The smallest absolute Gasteiger partial charge is 0.230 e. The summed E-state index contributed by atoms with van der Waals surface area (Å²) in [7, 11) is 3.68. The van der Waals surface area contributed by atoms with Crippen molar-refractivity contribution in [1.29, 1.82) is 0 Å². The molecule has 2 N–H and O–H groups in total. The molecular formula is C22H36N4O3. The summed E-state index contributed by atoms with van der Waals surface area (Å²) in [5.41, 5.74) is -0.361. The van der Waals surface area contributed by atoms with Gasteiger partial charge in [0.1, 0.15) is 5.76 Å². The van der Waals surface area contributed by atoms with Crippen molar-refractivity contribution in [3.05, 3.63) is 24.2 Å². The van der Waals surface area contributed by atoms with Crippen LogP contribution in [0.4, 0.5) is 0 Å². The Bertz CT molecular complexity index is 645. The first-order valence-corrected chi connectivity index (χ1v) is 11.0. The van der Waals surface area contributed by atoms with Gasteiger partial charge in [-0.25, -0.2) is 0 Å². The van der Waals surface area contributed by atoms with Gasteiger partial charge < -0.3 is 24.7 Å². The van der Waals surface area contributed by atoms with Crippen molar-refractivity contribution in [1.82, 2.24) is 15.5 Å². The average molecular weight is 405 g/mol. The van der Waals surface area contributed by atoms with Crippen molar-refractivity contribution in [2.45, 2.75) is 57.5 Å². The number of guanidine groups is 1. The lowest BCUT2D eigenvalue weighted by Crippen LogP contribution is -2.45. The monoisotopic (exact) mass is 404 g/mol. The van der Waals surface area contributed by atoms with Crippen LogP contribution >= 0.6 is 0 Å². The lowest BCUT2D eigenvalue weighted by atomic mass is 9.85. The molecule has 1 amide bonds. The van der Waals surface area contributed by atoms with E-state index in [-0.39, 0.29) is 17.4 Å². The van der Waals surface area contributed by atoms with Crippen molar-refractivity contribution in [3.63, 3.8) is 0 Å². The van der Waals surface area contributed by atoms with Gasteiger partial charge in [0.15, 0.2) is 5.96 Å². The first-order chi connectivity index (χ1) is 14.1. The topological polar surface area (TPSA) is 79.1 Å². The molecule has 7 nitrogen and oxygen atoms in total. The molecule has 1 aliphatic heterocycles. The summed E-state index contributed by atoms with van der Waals surface area (Å²) in [6, 6.07) is 3.88. The number of nitrogens with zero attached hydrogens (tertiary/aromatic N) is 2. The van der Waals surface area contributed by atoms with Gasteiger partial charge >= 0.3 is 0 Å². The van der Waals surface area contributed by atoms with Crippen LogP contribution in [0, 0.1) is 5.41 Å². The highest BCUT2D eigenvalue weighted by atomic mass is 16.5. The van der Waals surface area contributed by atoms with Crippen LogP contribution in [0.2, 0.25) is 0 Å². The summed E-state index contributed by atoms with van der Waals surface area (Å²) in [6.45, 7) is 2.82. The molecule has 0 radical (unpaired) electrons. The normalized spacial score (nSPS) is 21.7. The predicted molar refractivity (Wildman–Crippen MR) is 114 cm³/mol. The predicted octanol–water partition coefficient (Wildman–Crippen LogP) is 2.58. The summed E-state index contributed by atoms with van der Waals surface area (Å²) in [6.07, 6.45) is 10.2. The molecule has 1 aromatic heterocycles. The van der Waals surface area contributed by atoms with E-state index in [1.54, 1.807) is 11.2 Å². The molecule has 1 unspecified atom stereocenters. The van der Waals surface area contributed by atoms with E-state index in [4.69, 9.17) is 14.1 Å². The number of nitrogens with one attached hydrogen (secondary N) is 2. The van der Waals surface area contributed by atoms with E-state index in [0.717, 1.165) is 76.4 Å². The summed E-state index contributed by atoms with van der Waals surface area (Å²) in [5, 5.41) is 6.84. The zero-order chi connectivity index (χ0) is 20.5. The minimum atomic E-state index is -0.361. The molecule has 0 spiro atoms. The molecule has 7 heteroatoms. The van der Waals surface area contributed by atoms with Crippen LogP contribution in [0.3, 0.4) is 0 Å². The van der Waals surface area contributed by atoms with E-state index in [9.17, 15) is 4.79 Å². The maximum absolute atomic E-state index is 12.8. The van der Waals surface area contributed by atoms with E-state index in [2.05, 4.69) is 10.6 Å². The number of furan rings is 1. The molecule has 2 fully saturated rings. The lowest BCUT2D eigenvalue weighted by molar-refractivity contribution is -0.138. The lowest BCUT2D eigenvalue weighted by Gasteiger charge is -2.29. The number of rotatable bonds is 8. The summed E-state index contributed by atoms with van der Waals surface area (Å²) < 4.78 is 11.3. The third kappa shape index (κ3) is 6.23. The highest BCUT2D eigenvalue weighted by Gasteiger charge is 2.42. The van der Waals surface area contributed by atoms with E-state index >= 15 is 0 Å². The molecule has 0 bridgehead atoms. The molecule has 162 valence electrons. The molecule has 3 rings (SSSR count). The van der Waals surface area contributed by atoms with Gasteiger partial charge in [0.2, 0.25) is 5.91 Å². The fourth-order valence-electron chi connectivity index (χ4n) is 4.31. The number of carbonyl (C=O) groups excluding carboxylic acids is 1. The van der Waals surface area contributed by atoms with Gasteiger partial charge in [-0.3, -0.25) is 9.79 Å². The summed E-state index contributed by atoms with van der Waals surface area (Å²) >= 11 is 0. The molecular weight excluding hydrogens is 368 g/mol. The zero-order valence-electron chi connectivity index (χ0n) is 17.9. The quantitative estimate of drug-likeness (QED) is 0.514. The molecule has 1 atom stereocenters. The standard InChI is InChI=1S/C22H36N4O3/c1-26(2)20(27)22(11-4-5-12-22)17-25-21(23-13-10-18-9-7-15-28-18)24-16-19-8-3-6-14-29-19/h7,9,15,19H,3-6,8,10-14,16-17H2,1-2H3,(H2,23,24,25). The second-order valence-corrected chi connectivity index (χ2v) is 8.48. The van der Waals surface area contributed by atoms with Gasteiger partial charge in [0, 0.05) is 40.2 Å². The second kappa shape index (κ2) is 10.7. The van der Waals surface area contributed by atoms with Crippen LogP contribution in [-0.2, 0) is 16.0 Å². The Morgan fingerprint density at radius 2 is 2.07 bits per heavy atom. The summed E-state index contributed by atoms with van der Waals surface area (Å²) in [5.74, 6) is 1.90. The number of amides is 1. The van der Waals surface area contributed by atoms with Crippen LogP contribution < -0.4 is 10.6 Å². The first kappa shape index (κ1) is 21.7. The van der Waals surface area contributed by atoms with Gasteiger partial charge in [-0.1, -0.05) is 12.8 Å². The number of ether oxygens (including phenoxy) is 1. The van der Waals surface area contributed by atoms with Gasteiger partial charge in [-0.2, -0.15) is 0 Å². The Labute approximate surface area is 174 Å². The van der Waals surface area contributed by atoms with Crippen LogP contribution in [0.5, 0.6) is 0 Å². The molecule has 29 heavy (non-hydrogen) atoms. The zero-order valence-corrected chi connectivity index (χ0v) is 17.9. The molecule has 1 aliphatic carbocycles. The second-order valence-electron chi connectivity index (χ2n) is 8.48. The Kier molecular flexibility index (Phi) is 7.98. The molecule has 0 aromatic carbocycles. The number of aliphatic imine (C=N–C) groups is 1. The average Bonchev–Trinajstić information content (AvgIpc) is 3.42. The van der Waals surface area contributed by atoms with Crippen molar-refractivity contribution >= 4 is 11.9 Å². The van der Waals surface area contributed by atoms with Crippen molar-refractivity contribution < 1.29 is 13.9 Å². The molecule has 1 saturated carbocycles. The van der Waals surface area contributed by atoms with E-state index in [1.807, 2.05) is 26.2 Å².